The second-order valence-corrected chi connectivity index (χ2v) is 11.6. The summed E-state index contributed by atoms with van der Waals surface area (Å²) in [6, 6.07) is 7.68. The third kappa shape index (κ3) is 4.28. The van der Waals surface area contributed by atoms with Gasteiger partial charge in [-0.1, -0.05) is 40.0 Å². The Morgan fingerprint density at radius 2 is 1.78 bits per heavy atom. The number of nitrogens with zero attached hydrogens (tertiary/aromatic N) is 3. The van der Waals surface area contributed by atoms with E-state index in [0.29, 0.717) is 11.4 Å². The molecular weight excluding hydrogens is 424 g/mol. The third-order valence-corrected chi connectivity index (χ3v) is 7.91. The molecule has 0 spiro atoms. The van der Waals surface area contributed by atoms with Crippen molar-refractivity contribution >= 4 is 26.8 Å². The van der Waals surface area contributed by atoms with Crippen LogP contribution in [0.4, 0.5) is 0 Å². The van der Waals surface area contributed by atoms with Crippen molar-refractivity contribution in [1.29, 1.82) is 0 Å². The van der Waals surface area contributed by atoms with E-state index in [-0.39, 0.29) is 20.9 Å². The zero-order chi connectivity index (χ0) is 23.1. The molecule has 7 nitrogen and oxygen atoms in total. The maximum absolute atomic E-state index is 13.2. The van der Waals surface area contributed by atoms with Gasteiger partial charge >= 0.3 is 0 Å². The van der Waals surface area contributed by atoms with Crippen LogP contribution >= 0.6 is 0 Å². The summed E-state index contributed by atoms with van der Waals surface area (Å²) in [5, 5.41) is 0. The average Bonchev–Trinajstić information content (AvgIpc) is 3.13. The highest BCUT2D eigenvalue weighted by Crippen LogP contribution is 2.33. The minimum atomic E-state index is -3.85. The highest BCUT2D eigenvalue weighted by Gasteiger charge is 2.27. The first-order chi connectivity index (χ1) is 15.1. The van der Waals surface area contributed by atoms with E-state index in [9.17, 15) is 13.2 Å². The van der Waals surface area contributed by atoms with Gasteiger partial charge in [-0.2, -0.15) is 0 Å². The minimum absolute atomic E-state index is 0.0154. The van der Waals surface area contributed by atoms with E-state index in [4.69, 9.17) is 10.7 Å². The van der Waals surface area contributed by atoms with E-state index in [0.717, 1.165) is 17.9 Å². The van der Waals surface area contributed by atoms with Gasteiger partial charge in [0, 0.05) is 18.2 Å². The van der Waals surface area contributed by atoms with E-state index in [1.807, 2.05) is 6.07 Å². The van der Waals surface area contributed by atoms with Crippen molar-refractivity contribution in [3.8, 4) is 0 Å². The van der Waals surface area contributed by atoms with Crippen LogP contribution in [-0.4, -0.2) is 28.9 Å². The number of hydrogen-bond donors (Lipinski definition) is 1. The molecule has 1 aromatic carbocycles. The Balaban J connectivity index is 1.79. The van der Waals surface area contributed by atoms with Crippen LogP contribution in [0.2, 0.25) is 0 Å². The van der Waals surface area contributed by atoms with Gasteiger partial charge in [-0.3, -0.25) is 9.78 Å². The lowest BCUT2D eigenvalue weighted by Crippen LogP contribution is -2.22. The Labute approximate surface area is 189 Å². The SMILES string of the molecule is CC(C)(C)c1nc2cc(S(=O)(=O)c3ccnc(C(N)=O)c3)ccc2n1CC1CCCCC1. The summed E-state index contributed by atoms with van der Waals surface area (Å²) in [6.07, 6.45) is 7.57. The minimum Gasteiger partial charge on any atom is -0.364 e. The molecule has 0 radical (unpaired) electrons. The van der Waals surface area contributed by atoms with Gasteiger partial charge in [-0.25, -0.2) is 13.4 Å². The molecule has 0 aliphatic heterocycles. The molecule has 8 heteroatoms. The molecular formula is C24H30N4O3S. The standard InChI is InChI=1S/C24H30N4O3S/c1-24(2,3)23-27-19-13-17(32(30,31)18-11-12-26-20(14-18)22(25)29)9-10-21(19)28(23)15-16-7-5-4-6-8-16/h9-14,16H,4-8,15H2,1-3H3,(H2,25,29). The number of rotatable bonds is 5. The average molecular weight is 455 g/mol. The van der Waals surface area contributed by atoms with Crippen LogP contribution in [0, 0.1) is 5.92 Å². The number of imidazole rings is 1. The van der Waals surface area contributed by atoms with Crippen LogP contribution in [0.15, 0.2) is 46.3 Å². The predicted molar refractivity (Wildman–Crippen MR) is 123 cm³/mol. The maximum Gasteiger partial charge on any atom is 0.267 e. The number of amides is 1. The van der Waals surface area contributed by atoms with Gasteiger partial charge in [0.15, 0.2) is 0 Å². The number of hydrogen-bond acceptors (Lipinski definition) is 5. The van der Waals surface area contributed by atoms with Crippen LogP contribution in [0.25, 0.3) is 11.0 Å². The maximum atomic E-state index is 13.2. The Morgan fingerprint density at radius 1 is 1.09 bits per heavy atom. The lowest BCUT2D eigenvalue weighted by molar-refractivity contribution is 0.0995. The van der Waals surface area contributed by atoms with Crippen molar-refractivity contribution in [3.05, 3.63) is 48.0 Å². The van der Waals surface area contributed by atoms with Crippen LogP contribution in [-0.2, 0) is 21.8 Å². The molecule has 32 heavy (non-hydrogen) atoms. The third-order valence-electron chi connectivity index (χ3n) is 6.16. The number of carbonyl (C=O) groups excluding carboxylic acids is 1. The number of nitrogens with two attached hydrogens (primary N) is 1. The number of fused-ring (bicyclic) bond motifs is 1. The lowest BCUT2D eigenvalue weighted by atomic mass is 9.88. The van der Waals surface area contributed by atoms with Crippen molar-refractivity contribution in [2.75, 3.05) is 0 Å². The van der Waals surface area contributed by atoms with Crippen LogP contribution in [0.5, 0.6) is 0 Å². The second kappa shape index (κ2) is 8.31. The zero-order valence-electron chi connectivity index (χ0n) is 18.8. The summed E-state index contributed by atoms with van der Waals surface area (Å²) in [5.74, 6) is 0.816. The molecule has 1 aliphatic carbocycles. The summed E-state index contributed by atoms with van der Waals surface area (Å²) >= 11 is 0. The van der Waals surface area contributed by atoms with Gasteiger partial charge in [0.1, 0.15) is 11.5 Å². The molecule has 0 saturated heterocycles. The monoisotopic (exact) mass is 454 g/mol. The molecule has 2 heterocycles. The molecule has 1 amide bonds. The fourth-order valence-electron chi connectivity index (χ4n) is 4.51. The normalized spacial score (nSPS) is 15.8. The molecule has 0 atom stereocenters. The Hall–Kier alpha value is -2.74. The Bertz CT molecular complexity index is 1270. The molecule has 1 aliphatic rings. The Morgan fingerprint density at radius 3 is 2.44 bits per heavy atom. The van der Waals surface area contributed by atoms with E-state index >= 15 is 0 Å². The first kappa shape index (κ1) is 22.5. The van der Waals surface area contributed by atoms with E-state index in [1.54, 1.807) is 12.1 Å². The predicted octanol–water partition coefficient (Wildman–Crippen LogP) is 4.24. The van der Waals surface area contributed by atoms with Gasteiger partial charge in [0.25, 0.3) is 5.91 Å². The van der Waals surface area contributed by atoms with Crippen molar-refractivity contribution < 1.29 is 13.2 Å². The van der Waals surface area contributed by atoms with Gasteiger partial charge in [-0.15, -0.1) is 0 Å². The Kier molecular flexibility index (Phi) is 5.83. The molecule has 170 valence electrons. The summed E-state index contributed by atoms with van der Waals surface area (Å²) in [4.78, 5) is 20.3. The first-order valence-electron chi connectivity index (χ1n) is 11.1. The zero-order valence-corrected chi connectivity index (χ0v) is 19.7. The van der Waals surface area contributed by atoms with Crippen molar-refractivity contribution in [1.82, 2.24) is 14.5 Å². The molecule has 1 fully saturated rings. The summed E-state index contributed by atoms with van der Waals surface area (Å²) < 4.78 is 28.8. The van der Waals surface area contributed by atoms with Gasteiger partial charge in [0.05, 0.1) is 20.8 Å². The van der Waals surface area contributed by atoms with E-state index in [1.165, 1.54) is 50.4 Å². The number of pyridine rings is 1. The molecule has 2 aromatic heterocycles. The highest BCUT2D eigenvalue weighted by atomic mass is 32.2. The van der Waals surface area contributed by atoms with Gasteiger partial charge in [-0.05, 0) is 49.1 Å². The highest BCUT2D eigenvalue weighted by molar-refractivity contribution is 7.91. The van der Waals surface area contributed by atoms with Crippen molar-refractivity contribution in [2.45, 2.75) is 74.6 Å². The number of sulfone groups is 1. The summed E-state index contributed by atoms with van der Waals surface area (Å²) in [7, 11) is -3.85. The van der Waals surface area contributed by atoms with Crippen molar-refractivity contribution in [3.63, 3.8) is 0 Å². The van der Waals surface area contributed by atoms with Crippen LogP contribution in [0.1, 0.15) is 69.2 Å². The van der Waals surface area contributed by atoms with Gasteiger partial charge < -0.3 is 10.3 Å². The fraction of sp³-hybridized carbons (Fsp3) is 0.458. The number of benzene rings is 1. The van der Waals surface area contributed by atoms with Gasteiger partial charge in [0.2, 0.25) is 9.84 Å². The van der Waals surface area contributed by atoms with Crippen molar-refractivity contribution in [2.24, 2.45) is 11.7 Å². The summed E-state index contributed by atoms with van der Waals surface area (Å²) in [5.41, 5.74) is 6.62. The molecule has 2 N–H and O–H groups in total. The molecule has 3 aromatic rings. The molecule has 0 bridgehead atoms. The quantitative estimate of drug-likeness (QED) is 0.620. The smallest absolute Gasteiger partial charge is 0.267 e. The molecule has 4 rings (SSSR count). The summed E-state index contributed by atoms with van der Waals surface area (Å²) in [6.45, 7) is 7.30. The number of primary amides is 1. The fourth-order valence-corrected chi connectivity index (χ4v) is 5.80. The molecule has 0 unspecified atom stereocenters. The van der Waals surface area contributed by atoms with E-state index in [2.05, 4.69) is 30.3 Å². The number of aromatic nitrogens is 3. The van der Waals surface area contributed by atoms with Crippen LogP contribution in [0.3, 0.4) is 0 Å². The van der Waals surface area contributed by atoms with E-state index < -0.39 is 15.7 Å². The second-order valence-electron chi connectivity index (χ2n) is 9.70. The number of carbonyl (C=O) groups is 1. The molecule has 1 saturated carbocycles. The van der Waals surface area contributed by atoms with Crippen LogP contribution < -0.4 is 5.73 Å². The first-order valence-corrected chi connectivity index (χ1v) is 12.6. The largest absolute Gasteiger partial charge is 0.364 e. The topological polar surface area (TPSA) is 108 Å². The lowest BCUT2D eigenvalue weighted by Gasteiger charge is -2.26.